The van der Waals surface area contributed by atoms with Crippen LogP contribution in [-0.4, -0.2) is 26.2 Å². The van der Waals surface area contributed by atoms with Crippen LogP contribution in [0, 0.1) is 6.92 Å². The van der Waals surface area contributed by atoms with Gasteiger partial charge in [0.05, 0.1) is 29.4 Å². The van der Waals surface area contributed by atoms with Crippen molar-refractivity contribution >= 4 is 23.1 Å². The number of aryl methyl sites for hydroxylation is 1. The Morgan fingerprint density at radius 1 is 1.10 bits per heavy atom. The molecule has 2 aromatic heterocycles. The Labute approximate surface area is 173 Å². The first-order valence-electron chi connectivity index (χ1n) is 9.65. The van der Waals surface area contributed by atoms with Gasteiger partial charge in [-0.05, 0) is 49.8 Å². The summed E-state index contributed by atoms with van der Waals surface area (Å²) >= 11 is 0. The highest BCUT2D eigenvalue weighted by Crippen LogP contribution is 2.31. The number of para-hydroxylation sites is 2. The van der Waals surface area contributed by atoms with E-state index in [4.69, 9.17) is 4.74 Å². The number of hydrogen-bond donors (Lipinski definition) is 1. The van der Waals surface area contributed by atoms with Crippen LogP contribution in [0.5, 0.6) is 11.5 Å². The number of benzene rings is 2. The van der Waals surface area contributed by atoms with Crippen LogP contribution >= 0.6 is 0 Å². The lowest BCUT2D eigenvalue weighted by Crippen LogP contribution is -2.23. The minimum atomic E-state index is -0.177. The first kappa shape index (κ1) is 19.4. The van der Waals surface area contributed by atoms with Crippen molar-refractivity contribution in [3.8, 4) is 17.2 Å². The van der Waals surface area contributed by atoms with E-state index in [1.807, 2.05) is 38.1 Å². The summed E-state index contributed by atoms with van der Waals surface area (Å²) in [5, 5.41) is 11.0. The maximum atomic E-state index is 13.3. The second kappa shape index (κ2) is 8.21. The van der Waals surface area contributed by atoms with Crippen molar-refractivity contribution < 1.29 is 9.84 Å². The first-order valence-corrected chi connectivity index (χ1v) is 9.65. The van der Waals surface area contributed by atoms with Crippen LogP contribution in [0.1, 0.15) is 23.9 Å². The third kappa shape index (κ3) is 3.55. The molecule has 0 amide bonds. The van der Waals surface area contributed by atoms with Crippen molar-refractivity contribution in [3.63, 3.8) is 0 Å². The summed E-state index contributed by atoms with van der Waals surface area (Å²) in [4.78, 5) is 22.1. The van der Waals surface area contributed by atoms with Crippen molar-refractivity contribution in [2.45, 2.75) is 13.8 Å². The third-order valence-electron chi connectivity index (χ3n) is 4.80. The number of nitrogens with zero attached hydrogens (tertiary/aromatic N) is 3. The van der Waals surface area contributed by atoms with Gasteiger partial charge in [0.25, 0.3) is 5.56 Å². The average Bonchev–Trinajstić information content (AvgIpc) is 2.75. The van der Waals surface area contributed by atoms with Gasteiger partial charge in [0, 0.05) is 11.8 Å². The smallest absolute Gasteiger partial charge is 0.266 e. The summed E-state index contributed by atoms with van der Waals surface area (Å²) in [6.45, 7) is 4.26. The molecule has 0 radical (unpaired) electrons. The van der Waals surface area contributed by atoms with E-state index >= 15 is 0 Å². The molecular formula is C24H21N3O3. The van der Waals surface area contributed by atoms with Crippen LogP contribution < -0.4 is 10.3 Å². The molecule has 2 heterocycles. The number of hydrogen-bond acceptors (Lipinski definition) is 5. The molecule has 0 atom stereocenters. The fraction of sp³-hybridized carbons (Fsp3) is 0.125. The molecule has 150 valence electrons. The number of fused-ring (bicyclic) bond motifs is 1. The Hall–Kier alpha value is -3.93. The SMILES string of the molecule is CCOc1cccc(/C=C/c2nc3cnccc3c(=O)n2-c2ccccc2C)c1O. The fourth-order valence-corrected chi connectivity index (χ4v) is 3.32. The Morgan fingerprint density at radius 2 is 1.93 bits per heavy atom. The molecule has 0 aliphatic carbocycles. The van der Waals surface area contributed by atoms with E-state index in [0.717, 1.165) is 11.3 Å². The highest BCUT2D eigenvalue weighted by molar-refractivity contribution is 5.80. The van der Waals surface area contributed by atoms with Gasteiger partial charge < -0.3 is 9.84 Å². The number of aromatic hydroxyl groups is 1. The van der Waals surface area contributed by atoms with Crippen LogP contribution in [0.4, 0.5) is 0 Å². The zero-order valence-corrected chi connectivity index (χ0v) is 16.7. The monoisotopic (exact) mass is 399 g/mol. The molecule has 0 fully saturated rings. The number of phenolic OH excluding ortho intramolecular Hbond substituents is 1. The van der Waals surface area contributed by atoms with Gasteiger partial charge in [0.15, 0.2) is 11.5 Å². The number of aromatic nitrogens is 3. The van der Waals surface area contributed by atoms with Crippen molar-refractivity contribution in [3.05, 3.63) is 88.2 Å². The summed E-state index contributed by atoms with van der Waals surface area (Å²) in [7, 11) is 0. The van der Waals surface area contributed by atoms with Crippen molar-refractivity contribution in [2.24, 2.45) is 0 Å². The Kier molecular flexibility index (Phi) is 5.30. The first-order chi connectivity index (χ1) is 14.6. The maximum Gasteiger partial charge on any atom is 0.266 e. The molecule has 4 rings (SSSR count). The molecule has 1 N–H and O–H groups in total. The molecule has 0 aliphatic rings. The fourth-order valence-electron chi connectivity index (χ4n) is 3.32. The van der Waals surface area contributed by atoms with E-state index in [0.29, 0.717) is 34.6 Å². The molecule has 0 spiro atoms. The summed E-state index contributed by atoms with van der Waals surface area (Å²) in [5.41, 5.74) is 2.60. The Bertz CT molecular complexity index is 1310. The molecular weight excluding hydrogens is 378 g/mol. The number of ether oxygens (including phenoxy) is 1. The van der Waals surface area contributed by atoms with Gasteiger partial charge in [-0.1, -0.05) is 30.3 Å². The predicted octanol–water partition coefficient (Wildman–Crippen LogP) is 4.36. The molecule has 4 aromatic rings. The quantitative estimate of drug-likeness (QED) is 0.539. The second-order valence-electron chi connectivity index (χ2n) is 6.75. The van der Waals surface area contributed by atoms with Crippen LogP contribution in [0.25, 0.3) is 28.7 Å². The van der Waals surface area contributed by atoms with E-state index in [9.17, 15) is 9.90 Å². The van der Waals surface area contributed by atoms with Crippen molar-refractivity contribution in [1.29, 1.82) is 0 Å². The molecule has 30 heavy (non-hydrogen) atoms. The topological polar surface area (TPSA) is 77.2 Å². The predicted molar refractivity (Wildman–Crippen MR) is 118 cm³/mol. The highest BCUT2D eigenvalue weighted by atomic mass is 16.5. The molecule has 0 aliphatic heterocycles. The molecule has 0 unspecified atom stereocenters. The molecule has 2 aromatic carbocycles. The van der Waals surface area contributed by atoms with E-state index < -0.39 is 0 Å². The number of rotatable bonds is 5. The van der Waals surface area contributed by atoms with E-state index in [1.54, 1.807) is 53.4 Å². The largest absolute Gasteiger partial charge is 0.504 e. The summed E-state index contributed by atoms with van der Waals surface area (Å²) in [6.07, 6.45) is 6.59. The lowest BCUT2D eigenvalue weighted by Gasteiger charge is -2.13. The van der Waals surface area contributed by atoms with Gasteiger partial charge in [-0.2, -0.15) is 0 Å². The van der Waals surface area contributed by atoms with Crippen LogP contribution in [0.3, 0.4) is 0 Å². The van der Waals surface area contributed by atoms with Gasteiger partial charge in [-0.3, -0.25) is 14.3 Å². The van der Waals surface area contributed by atoms with Gasteiger partial charge in [-0.25, -0.2) is 4.98 Å². The van der Waals surface area contributed by atoms with E-state index in [1.165, 1.54) is 0 Å². The van der Waals surface area contributed by atoms with Crippen LogP contribution in [0.2, 0.25) is 0 Å². The van der Waals surface area contributed by atoms with Gasteiger partial charge in [0.2, 0.25) is 0 Å². The third-order valence-corrected chi connectivity index (χ3v) is 4.80. The molecule has 0 bridgehead atoms. The van der Waals surface area contributed by atoms with E-state index in [2.05, 4.69) is 9.97 Å². The van der Waals surface area contributed by atoms with E-state index in [-0.39, 0.29) is 11.3 Å². The minimum Gasteiger partial charge on any atom is -0.504 e. The Morgan fingerprint density at radius 3 is 2.73 bits per heavy atom. The normalized spacial score (nSPS) is 11.3. The highest BCUT2D eigenvalue weighted by Gasteiger charge is 2.13. The second-order valence-corrected chi connectivity index (χ2v) is 6.75. The molecule has 0 saturated carbocycles. The van der Waals surface area contributed by atoms with Crippen molar-refractivity contribution in [1.82, 2.24) is 14.5 Å². The molecule has 0 saturated heterocycles. The van der Waals surface area contributed by atoms with Crippen molar-refractivity contribution in [2.75, 3.05) is 6.61 Å². The Balaban J connectivity index is 1.92. The zero-order chi connectivity index (χ0) is 21.1. The van der Waals surface area contributed by atoms with Gasteiger partial charge in [-0.15, -0.1) is 0 Å². The summed E-state index contributed by atoms with van der Waals surface area (Å²) in [6, 6.07) is 14.6. The average molecular weight is 399 g/mol. The molecule has 6 heteroatoms. The van der Waals surface area contributed by atoms with Gasteiger partial charge in [0.1, 0.15) is 5.82 Å². The van der Waals surface area contributed by atoms with Crippen LogP contribution in [0.15, 0.2) is 65.7 Å². The standard InChI is InChI=1S/C24H21N3O3/c1-3-30-21-10-6-8-17(23(21)28)11-12-22-26-19-15-25-14-13-18(19)24(29)27(22)20-9-5-4-7-16(20)2/h4-15,28H,3H2,1-2H3/b12-11+. The minimum absolute atomic E-state index is 0.0443. The lowest BCUT2D eigenvalue weighted by molar-refractivity contribution is 0.318. The maximum absolute atomic E-state index is 13.3. The number of pyridine rings is 1. The number of phenols is 1. The van der Waals surface area contributed by atoms with Gasteiger partial charge >= 0.3 is 0 Å². The summed E-state index contributed by atoms with van der Waals surface area (Å²) < 4.78 is 7.03. The zero-order valence-electron chi connectivity index (χ0n) is 16.7. The van der Waals surface area contributed by atoms with Crippen LogP contribution in [-0.2, 0) is 0 Å². The molecule has 6 nitrogen and oxygen atoms in total. The summed E-state index contributed by atoms with van der Waals surface area (Å²) in [5.74, 6) is 0.894. The lowest BCUT2D eigenvalue weighted by atomic mass is 10.1.